The van der Waals surface area contributed by atoms with Crippen molar-refractivity contribution in [2.45, 2.75) is 180 Å². The van der Waals surface area contributed by atoms with Crippen LogP contribution < -0.4 is 21.3 Å². The number of rotatable bonds is 33. The highest BCUT2D eigenvalue weighted by Crippen LogP contribution is 2.37. The third kappa shape index (κ3) is 25.9. The summed E-state index contributed by atoms with van der Waals surface area (Å²) < 4.78 is 5.92. The third-order valence-corrected chi connectivity index (χ3v) is 10.6. The zero-order valence-corrected chi connectivity index (χ0v) is 37.4. The first-order valence-electron chi connectivity index (χ1n) is 21.8. The predicted octanol–water partition coefficient (Wildman–Crippen LogP) is 10.4. The topological polar surface area (TPSA) is 91.5 Å². The molecule has 0 rings (SSSR count). The van der Waals surface area contributed by atoms with Crippen LogP contribution in [0.15, 0.2) is 24.3 Å². The normalized spacial score (nSPS) is 14.9. The summed E-state index contributed by atoms with van der Waals surface area (Å²) in [5.74, 6) is 1.72. The molecule has 0 radical (unpaired) electrons. The molecule has 2 amide bonds. The van der Waals surface area contributed by atoms with Crippen LogP contribution in [0.4, 0.5) is 0 Å². The van der Waals surface area contributed by atoms with Gasteiger partial charge in [-0.15, -0.1) is 0 Å². The summed E-state index contributed by atoms with van der Waals surface area (Å²) in [5.41, 5.74) is -1.04. The molecule has 0 heterocycles. The summed E-state index contributed by atoms with van der Waals surface area (Å²) in [6.07, 6.45) is 24.4. The monoisotopic (exact) mass is 747 g/mol. The van der Waals surface area contributed by atoms with Crippen molar-refractivity contribution < 1.29 is 14.3 Å². The Morgan fingerprint density at radius 3 is 1.51 bits per heavy atom. The van der Waals surface area contributed by atoms with Gasteiger partial charge in [0.2, 0.25) is 11.8 Å². The first kappa shape index (κ1) is 51.3. The summed E-state index contributed by atoms with van der Waals surface area (Å²) in [4.78, 5) is 26.2. The Bertz CT molecular complexity index is 1020. The predicted molar refractivity (Wildman–Crippen MR) is 230 cm³/mol. The minimum absolute atomic E-state index is 0.0437. The van der Waals surface area contributed by atoms with E-state index in [4.69, 9.17) is 4.74 Å². The molecule has 312 valence electrons. The molecule has 0 saturated heterocycles. The van der Waals surface area contributed by atoms with Crippen molar-refractivity contribution in [3.8, 4) is 0 Å². The summed E-state index contributed by atoms with van der Waals surface area (Å²) in [5, 5.41) is 13.1. The largest absolute Gasteiger partial charge is 0.378 e. The van der Waals surface area contributed by atoms with Crippen molar-refractivity contribution in [3.05, 3.63) is 24.3 Å². The van der Waals surface area contributed by atoms with Crippen molar-refractivity contribution in [3.63, 3.8) is 0 Å². The maximum atomic E-state index is 13.1. The number of carbonyl (C=O) groups excluding carboxylic acids is 2. The van der Waals surface area contributed by atoms with Gasteiger partial charge in [-0.05, 0) is 61.7 Å². The lowest BCUT2D eigenvalue weighted by Gasteiger charge is -2.32. The Labute approximate surface area is 329 Å². The van der Waals surface area contributed by atoms with E-state index in [0.29, 0.717) is 13.1 Å². The van der Waals surface area contributed by atoms with E-state index in [0.717, 1.165) is 76.7 Å². The van der Waals surface area contributed by atoms with Crippen LogP contribution in [0.5, 0.6) is 0 Å². The number of ether oxygens (including phenoxy) is 1. The van der Waals surface area contributed by atoms with Crippen LogP contribution in [0.3, 0.4) is 0 Å². The number of nitrogens with one attached hydrogen (secondary N) is 4. The minimum atomic E-state index is -0.465. The van der Waals surface area contributed by atoms with Crippen molar-refractivity contribution in [2.75, 3.05) is 45.9 Å². The van der Waals surface area contributed by atoms with Crippen LogP contribution in [0, 0.1) is 33.5 Å². The first-order chi connectivity index (χ1) is 24.8. The van der Waals surface area contributed by atoms with Crippen LogP contribution in [-0.2, 0) is 14.3 Å². The Balaban J connectivity index is 4.35. The molecule has 0 aliphatic carbocycles. The van der Waals surface area contributed by atoms with Crippen LogP contribution in [0.2, 0.25) is 0 Å². The summed E-state index contributed by atoms with van der Waals surface area (Å²) in [6.45, 7) is 33.6. The molecular weight excluding hydrogens is 657 g/mol. The molecule has 4 N–H and O–H groups in total. The highest BCUT2D eigenvalue weighted by Gasteiger charge is 2.34. The van der Waals surface area contributed by atoms with Crippen molar-refractivity contribution in [1.82, 2.24) is 21.3 Å². The molecule has 0 aromatic heterocycles. The van der Waals surface area contributed by atoms with Gasteiger partial charge in [0, 0.05) is 56.7 Å². The molecule has 3 atom stereocenters. The van der Waals surface area contributed by atoms with Gasteiger partial charge in [-0.1, -0.05) is 159 Å². The number of amides is 2. The number of allylic oxidation sites excluding steroid dienone is 3. The Kier molecular flexibility index (Phi) is 26.9. The van der Waals surface area contributed by atoms with Gasteiger partial charge in [-0.25, -0.2) is 0 Å². The molecule has 0 fully saturated rings. The quantitative estimate of drug-likeness (QED) is 0.0397. The lowest BCUT2D eigenvalue weighted by molar-refractivity contribution is -0.131. The van der Waals surface area contributed by atoms with Crippen molar-refractivity contribution in [1.29, 1.82) is 0 Å². The molecule has 0 aliphatic heterocycles. The van der Waals surface area contributed by atoms with E-state index in [1.165, 1.54) is 51.4 Å². The Morgan fingerprint density at radius 2 is 1.04 bits per heavy atom. The van der Waals surface area contributed by atoms with Crippen LogP contribution in [0.1, 0.15) is 173 Å². The average Bonchev–Trinajstić information content (AvgIpc) is 3.05. The van der Waals surface area contributed by atoms with Crippen LogP contribution >= 0.6 is 0 Å². The van der Waals surface area contributed by atoms with Gasteiger partial charge < -0.3 is 26.0 Å². The van der Waals surface area contributed by atoms with E-state index < -0.39 is 10.8 Å². The van der Waals surface area contributed by atoms with Crippen LogP contribution in [0.25, 0.3) is 0 Å². The lowest BCUT2D eigenvalue weighted by Crippen LogP contribution is -2.43. The maximum Gasteiger partial charge on any atom is 0.225 e. The summed E-state index contributed by atoms with van der Waals surface area (Å²) in [7, 11) is 0. The van der Waals surface area contributed by atoms with E-state index in [2.05, 4.69) is 122 Å². The van der Waals surface area contributed by atoms with Gasteiger partial charge in [0.15, 0.2) is 0 Å². The van der Waals surface area contributed by atoms with Gasteiger partial charge in [0.25, 0.3) is 0 Å². The van der Waals surface area contributed by atoms with Crippen molar-refractivity contribution >= 4 is 11.8 Å². The second-order valence-corrected chi connectivity index (χ2v) is 18.8. The second kappa shape index (κ2) is 27.8. The SMILES string of the molecule is CCCCCOC(C)C/C=C/C(C)(C)CC(C)(C)C(=O)NCCNCCNCCNC(=O)C(C)(C)CC(C)(C)/C=C/CC(CCC)C(C)CCCCC. The van der Waals surface area contributed by atoms with Gasteiger partial charge in [0.05, 0.1) is 6.10 Å². The van der Waals surface area contributed by atoms with Gasteiger partial charge in [-0.2, -0.15) is 0 Å². The maximum absolute atomic E-state index is 13.1. The second-order valence-electron chi connectivity index (χ2n) is 18.8. The van der Waals surface area contributed by atoms with E-state index in [9.17, 15) is 9.59 Å². The number of hydrogen-bond donors (Lipinski definition) is 4. The molecular formula is C46H90N4O3. The average molecular weight is 747 g/mol. The summed E-state index contributed by atoms with van der Waals surface area (Å²) >= 11 is 0. The molecule has 0 saturated carbocycles. The molecule has 7 heteroatoms. The molecule has 7 nitrogen and oxygen atoms in total. The molecule has 53 heavy (non-hydrogen) atoms. The zero-order valence-electron chi connectivity index (χ0n) is 37.4. The molecule has 0 aromatic rings. The highest BCUT2D eigenvalue weighted by atomic mass is 16.5. The fourth-order valence-electron chi connectivity index (χ4n) is 7.79. The number of carbonyl (C=O) groups is 2. The van der Waals surface area contributed by atoms with Gasteiger partial charge in [-0.3, -0.25) is 9.59 Å². The molecule has 0 spiro atoms. The van der Waals surface area contributed by atoms with E-state index >= 15 is 0 Å². The van der Waals surface area contributed by atoms with E-state index in [-0.39, 0.29) is 28.7 Å². The fraction of sp³-hybridized carbons (Fsp3) is 0.870. The molecule has 3 unspecified atom stereocenters. The highest BCUT2D eigenvalue weighted by molar-refractivity contribution is 5.82. The smallest absolute Gasteiger partial charge is 0.225 e. The Morgan fingerprint density at radius 1 is 0.585 bits per heavy atom. The number of unbranched alkanes of at least 4 members (excludes halogenated alkanes) is 4. The Hall–Kier alpha value is -1.70. The third-order valence-electron chi connectivity index (χ3n) is 10.6. The molecule has 0 aromatic carbocycles. The summed E-state index contributed by atoms with van der Waals surface area (Å²) in [6, 6.07) is 0. The van der Waals surface area contributed by atoms with Gasteiger partial charge in [0.1, 0.15) is 0 Å². The molecule has 0 aliphatic rings. The first-order valence-corrected chi connectivity index (χ1v) is 21.8. The minimum Gasteiger partial charge on any atom is -0.378 e. The lowest BCUT2D eigenvalue weighted by atomic mass is 9.74. The van der Waals surface area contributed by atoms with E-state index in [1.807, 2.05) is 13.8 Å². The fourth-order valence-corrected chi connectivity index (χ4v) is 7.79. The van der Waals surface area contributed by atoms with Crippen LogP contribution in [-0.4, -0.2) is 63.8 Å². The molecule has 0 bridgehead atoms. The number of hydrogen-bond acceptors (Lipinski definition) is 5. The van der Waals surface area contributed by atoms with Gasteiger partial charge >= 0.3 is 0 Å². The van der Waals surface area contributed by atoms with Crippen molar-refractivity contribution in [2.24, 2.45) is 33.5 Å². The standard InChI is InChI=1S/C46H90N4O3/c1-14-17-19-24-38(4)40(23-16-3)26-22-28-44(8,9)37-46(12,13)42(52)50-34-32-48-30-29-47-31-33-49-41(51)45(10,11)36-43(6,7)27-21-25-39(5)53-35-20-18-15-2/h21-22,27-28,38-40,47-48H,14-20,23-26,29-37H2,1-13H3,(H,49,51)(H,50,52)/b27-21+,28-22+. The van der Waals surface area contributed by atoms with E-state index in [1.54, 1.807) is 0 Å². The zero-order chi connectivity index (χ0) is 40.4.